The number of phenols is 1. The Morgan fingerprint density at radius 2 is 2.20 bits per heavy atom. The highest BCUT2D eigenvalue weighted by Gasteiger charge is 2.01. The summed E-state index contributed by atoms with van der Waals surface area (Å²) >= 11 is 0. The Balaban J connectivity index is 2.35. The average Bonchev–Trinajstić information content (AvgIpc) is 2.18. The first-order valence-corrected chi connectivity index (χ1v) is 4.96. The summed E-state index contributed by atoms with van der Waals surface area (Å²) in [4.78, 5) is 0. The van der Waals surface area contributed by atoms with E-state index in [1.54, 1.807) is 13.0 Å². The Hall–Kier alpha value is -1.13. The molecule has 0 aliphatic rings. The van der Waals surface area contributed by atoms with Crippen LogP contribution in [0.2, 0.25) is 0 Å². The van der Waals surface area contributed by atoms with Crippen molar-refractivity contribution in [2.24, 2.45) is 0 Å². The van der Waals surface area contributed by atoms with Gasteiger partial charge in [-0.15, -0.1) is 0 Å². The van der Waals surface area contributed by atoms with Gasteiger partial charge in [0.1, 0.15) is 0 Å². The van der Waals surface area contributed by atoms with E-state index >= 15 is 0 Å². The largest absolute Gasteiger partial charge is 0.505 e. The van der Waals surface area contributed by atoms with Crippen molar-refractivity contribution in [3.05, 3.63) is 29.6 Å². The van der Waals surface area contributed by atoms with Gasteiger partial charge in [0.25, 0.3) is 0 Å². The first-order chi connectivity index (χ1) is 7.09. The molecule has 0 aromatic heterocycles. The van der Waals surface area contributed by atoms with E-state index in [1.165, 1.54) is 12.1 Å². The molecule has 0 spiro atoms. The van der Waals surface area contributed by atoms with Crippen LogP contribution in [0, 0.1) is 5.82 Å². The van der Waals surface area contributed by atoms with Gasteiger partial charge in [-0.1, -0.05) is 6.07 Å². The Kier molecular flexibility index (Phi) is 4.52. The molecular formula is C11H16FNO2. The first kappa shape index (κ1) is 11.9. The molecule has 1 rings (SSSR count). The summed E-state index contributed by atoms with van der Waals surface area (Å²) in [5.74, 6) is -0.937. The highest BCUT2D eigenvalue weighted by molar-refractivity contribution is 5.27. The third kappa shape index (κ3) is 4.27. The molecule has 0 aliphatic heterocycles. The number of halogens is 1. The van der Waals surface area contributed by atoms with E-state index in [0.717, 1.165) is 5.56 Å². The molecule has 0 amide bonds. The van der Waals surface area contributed by atoms with Crippen molar-refractivity contribution < 1.29 is 14.6 Å². The van der Waals surface area contributed by atoms with E-state index in [-0.39, 0.29) is 11.9 Å². The van der Waals surface area contributed by atoms with E-state index in [4.69, 9.17) is 10.2 Å². The summed E-state index contributed by atoms with van der Waals surface area (Å²) in [6, 6.07) is 4.29. The topological polar surface area (TPSA) is 52.5 Å². The minimum absolute atomic E-state index is 0.325. The van der Waals surface area contributed by atoms with E-state index in [9.17, 15) is 4.39 Å². The van der Waals surface area contributed by atoms with Crippen molar-refractivity contribution in [2.75, 3.05) is 6.54 Å². The molecular weight excluding hydrogens is 197 g/mol. The van der Waals surface area contributed by atoms with Crippen LogP contribution < -0.4 is 5.32 Å². The number of benzene rings is 1. The summed E-state index contributed by atoms with van der Waals surface area (Å²) < 4.78 is 12.9. The Bertz CT molecular complexity index is 315. The van der Waals surface area contributed by atoms with Crippen LogP contribution >= 0.6 is 0 Å². The van der Waals surface area contributed by atoms with E-state index in [2.05, 4.69) is 5.32 Å². The zero-order valence-corrected chi connectivity index (χ0v) is 8.70. The van der Waals surface area contributed by atoms with Gasteiger partial charge in [0.2, 0.25) is 0 Å². The average molecular weight is 213 g/mol. The van der Waals surface area contributed by atoms with Crippen LogP contribution in [-0.4, -0.2) is 22.9 Å². The molecule has 0 saturated carbocycles. The number of nitrogens with one attached hydrogen (secondary N) is 1. The minimum atomic E-state index is -0.607. The van der Waals surface area contributed by atoms with Gasteiger partial charge in [0, 0.05) is 6.54 Å². The lowest BCUT2D eigenvalue weighted by atomic mass is 10.2. The number of rotatable bonds is 5. The molecule has 0 saturated heterocycles. The van der Waals surface area contributed by atoms with Crippen molar-refractivity contribution in [1.82, 2.24) is 5.32 Å². The fourth-order valence-electron chi connectivity index (χ4n) is 1.20. The van der Waals surface area contributed by atoms with Crippen molar-refractivity contribution in [3.8, 4) is 5.75 Å². The second kappa shape index (κ2) is 5.68. The second-order valence-corrected chi connectivity index (χ2v) is 3.60. The van der Waals surface area contributed by atoms with E-state index < -0.39 is 5.82 Å². The van der Waals surface area contributed by atoms with Gasteiger partial charge >= 0.3 is 0 Å². The lowest BCUT2D eigenvalue weighted by Gasteiger charge is -2.07. The highest BCUT2D eigenvalue weighted by atomic mass is 19.1. The molecule has 0 radical (unpaired) electrons. The molecule has 3 nitrogen and oxygen atoms in total. The van der Waals surface area contributed by atoms with Gasteiger partial charge in [-0.05, 0) is 37.6 Å². The predicted octanol–water partition coefficient (Wildman–Crippen LogP) is 1.39. The zero-order chi connectivity index (χ0) is 11.3. The minimum Gasteiger partial charge on any atom is -0.505 e. The van der Waals surface area contributed by atoms with Gasteiger partial charge in [0.05, 0.1) is 6.10 Å². The van der Waals surface area contributed by atoms with Crippen LogP contribution in [-0.2, 0) is 6.54 Å². The smallest absolute Gasteiger partial charge is 0.165 e. The highest BCUT2D eigenvalue weighted by Crippen LogP contribution is 2.15. The van der Waals surface area contributed by atoms with Gasteiger partial charge < -0.3 is 15.5 Å². The van der Waals surface area contributed by atoms with Gasteiger partial charge in [0.15, 0.2) is 11.6 Å². The monoisotopic (exact) mass is 213 g/mol. The molecule has 84 valence electrons. The number of aliphatic hydroxyl groups excluding tert-OH is 1. The fraction of sp³-hybridized carbons (Fsp3) is 0.455. The Morgan fingerprint density at radius 1 is 1.47 bits per heavy atom. The van der Waals surface area contributed by atoms with Crippen molar-refractivity contribution in [3.63, 3.8) is 0 Å². The molecule has 4 heteroatoms. The van der Waals surface area contributed by atoms with Gasteiger partial charge in [-0.2, -0.15) is 0 Å². The van der Waals surface area contributed by atoms with Crippen molar-refractivity contribution in [2.45, 2.75) is 26.0 Å². The van der Waals surface area contributed by atoms with E-state index in [0.29, 0.717) is 19.5 Å². The van der Waals surface area contributed by atoms with Crippen molar-refractivity contribution >= 4 is 0 Å². The Labute approximate surface area is 88.6 Å². The molecule has 1 atom stereocenters. The normalized spacial score (nSPS) is 12.7. The number of hydrogen-bond donors (Lipinski definition) is 3. The van der Waals surface area contributed by atoms with Gasteiger partial charge in [-0.25, -0.2) is 4.39 Å². The zero-order valence-electron chi connectivity index (χ0n) is 8.70. The molecule has 1 unspecified atom stereocenters. The quantitative estimate of drug-likeness (QED) is 0.648. The third-order valence-corrected chi connectivity index (χ3v) is 2.08. The second-order valence-electron chi connectivity index (χ2n) is 3.60. The summed E-state index contributed by atoms with van der Waals surface area (Å²) in [5, 5.41) is 21.0. The van der Waals surface area contributed by atoms with Crippen LogP contribution in [0.1, 0.15) is 18.9 Å². The molecule has 0 bridgehead atoms. The van der Waals surface area contributed by atoms with Crippen LogP contribution in [0.3, 0.4) is 0 Å². The van der Waals surface area contributed by atoms with Crippen LogP contribution in [0.4, 0.5) is 4.39 Å². The Morgan fingerprint density at radius 3 is 2.80 bits per heavy atom. The number of phenolic OH excluding ortho intramolecular Hbond substituents is 1. The molecule has 0 aliphatic carbocycles. The molecule has 1 aromatic carbocycles. The molecule has 0 heterocycles. The maximum Gasteiger partial charge on any atom is 0.165 e. The molecule has 15 heavy (non-hydrogen) atoms. The van der Waals surface area contributed by atoms with Crippen LogP contribution in [0.15, 0.2) is 18.2 Å². The molecule has 1 aromatic rings. The lowest BCUT2D eigenvalue weighted by Crippen LogP contribution is -2.18. The number of aliphatic hydroxyl groups is 1. The SMILES string of the molecule is CC(O)CCNCc1ccc(O)c(F)c1. The van der Waals surface area contributed by atoms with Crippen molar-refractivity contribution in [1.29, 1.82) is 0 Å². The summed E-state index contributed by atoms with van der Waals surface area (Å²) in [5.41, 5.74) is 0.774. The standard InChI is InChI=1S/C11H16FNO2/c1-8(14)4-5-13-7-9-2-3-11(15)10(12)6-9/h2-3,6,8,13-15H,4-5,7H2,1H3. The maximum absolute atomic E-state index is 12.9. The van der Waals surface area contributed by atoms with Crippen LogP contribution in [0.25, 0.3) is 0 Å². The summed E-state index contributed by atoms with van der Waals surface area (Å²) in [6.45, 7) is 2.94. The number of hydrogen-bond acceptors (Lipinski definition) is 3. The predicted molar refractivity (Wildman–Crippen MR) is 56.1 cm³/mol. The van der Waals surface area contributed by atoms with Gasteiger partial charge in [-0.3, -0.25) is 0 Å². The summed E-state index contributed by atoms with van der Waals surface area (Å²) in [6.07, 6.45) is 0.342. The summed E-state index contributed by atoms with van der Waals surface area (Å²) in [7, 11) is 0. The lowest BCUT2D eigenvalue weighted by molar-refractivity contribution is 0.183. The van der Waals surface area contributed by atoms with E-state index in [1.807, 2.05) is 0 Å². The maximum atomic E-state index is 12.9. The third-order valence-electron chi connectivity index (χ3n) is 2.08. The fourth-order valence-corrected chi connectivity index (χ4v) is 1.20. The molecule has 0 fully saturated rings. The number of aromatic hydroxyl groups is 1. The van der Waals surface area contributed by atoms with Crippen LogP contribution in [0.5, 0.6) is 5.75 Å². The molecule has 3 N–H and O–H groups in total. The first-order valence-electron chi connectivity index (χ1n) is 4.96.